The van der Waals surface area contributed by atoms with Gasteiger partial charge in [-0.15, -0.1) is 0 Å². The van der Waals surface area contributed by atoms with E-state index in [2.05, 4.69) is 23.9 Å². The molecule has 106 valence electrons. The third-order valence-electron chi connectivity index (χ3n) is 2.66. The second-order valence-corrected chi connectivity index (χ2v) is 4.70. The number of ether oxygens (including phenoxy) is 2. The highest BCUT2D eigenvalue weighted by Gasteiger charge is 2.04. The third-order valence-corrected chi connectivity index (χ3v) is 2.66. The molecule has 1 aromatic carbocycles. The predicted octanol–water partition coefficient (Wildman–Crippen LogP) is 2.38. The first-order valence-electron chi connectivity index (χ1n) is 6.62. The maximum Gasteiger partial charge on any atom is 0.337 e. The van der Waals surface area contributed by atoms with Gasteiger partial charge in [-0.25, -0.2) is 4.79 Å². The van der Waals surface area contributed by atoms with Crippen LogP contribution in [-0.4, -0.2) is 32.3 Å². The van der Waals surface area contributed by atoms with Gasteiger partial charge in [-0.2, -0.15) is 0 Å². The molecule has 0 unspecified atom stereocenters. The summed E-state index contributed by atoms with van der Waals surface area (Å²) in [6, 6.07) is 7.80. The SMILES string of the molecule is COC(=O)c1ccc(COCCCNC(C)C)cc1. The van der Waals surface area contributed by atoms with Gasteiger partial charge in [-0.05, 0) is 30.7 Å². The molecule has 0 aromatic heterocycles. The number of carbonyl (C=O) groups excluding carboxylic acids is 1. The van der Waals surface area contributed by atoms with Gasteiger partial charge in [0.1, 0.15) is 0 Å². The van der Waals surface area contributed by atoms with Crippen LogP contribution in [0.4, 0.5) is 0 Å². The average Bonchev–Trinajstić information content (AvgIpc) is 2.42. The molecule has 1 N–H and O–H groups in total. The first-order valence-corrected chi connectivity index (χ1v) is 6.62. The van der Waals surface area contributed by atoms with Gasteiger partial charge in [0.25, 0.3) is 0 Å². The molecule has 19 heavy (non-hydrogen) atoms. The lowest BCUT2D eigenvalue weighted by Gasteiger charge is -2.08. The minimum atomic E-state index is -0.313. The van der Waals surface area contributed by atoms with E-state index in [1.807, 2.05) is 12.1 Å². The lowest BCUT2D eigenvalue weighted by Crippen LogP contribution is -2.24. The van der Waals surface area contributed by atoms with Gasteiger partial charge in [-0.1, -0.05) is 26.0 Å². The minimum Gasteiger partial charge on any atom is -0.465 e. The lowest BCUT2D eigenvalue weighted by atomic mass is 10.1. The van der Waals surface area contributed by atoms with Crippen molar-refractivity contribution in [3.05, 3.63) is 35.4 Å². The molecule has 0 heterocycles. The van der Waals surface area contributed by atoms with Crippen molar-refractivity contribution in [2.24, 2.45) is 0 Å². The Bertz CT molecular complexity index is 373. The molecule has 0 aliphatic carbocycles. The number of benzene rings is 1. The average molecular weight is 265 g/mol. The molecule has 1 rings (SSSR count). The topological polar surface area (TPSA) is 47.6 Å². The van der Waals surface area contributed by atoms with Crippen molar-refractivity contribution in [3.63, 3.8) is 0 Å². The molecule has 0 saturated heterocycles. The van der Waals surface area contributed by atoms with Crippen molar-refractivity contribution in [2.75, 3.05) is 20.3 Å². The molecule has 0 aliphatic rings. The highest BCUT2D eigenvalue weighted by Crippen LogP contribution is 2.07. The maximum absolute atomic E-state index is 11.3. The Morgan fingerprint density at radius 3 is 2.53 bits per heavy atom. The molecule has 0 spiro atoms. The Morgan fingerprint density at radius 2 is 1.95 bits per heavy atom. The first-order chi connectivity index (χ1) is 9.13. The normalized spacial score (nSPS) is 10.7. The van der Waals surface area contributed by atoms with E-state index in [0.717, 1.165) is 25.1 Å². The van der Waals surface area contributed by atoms with E-state index in [0.29, 0.717) is 18.2 Å². The molecule has 0 saturated carbocycles. The predicted molar refractivity (Wildman–Crippen MR) is 75.2 cm³/mol. The fourth-order valence-corrected chi connectivity index (χ4v) is 1.61. The minimum absolute atomic E-state index is 0.313. The Kier molecular flexibility index (Phi) is 7.15. The summed E-state index contributed by atoms with van der Waals surface area (Å²) >= 11 is 0. The first kappa shape index (κ1) is 15.7. The van der Waals surface area contributed by atoms with Gasteiger partial charge < -0.3 is 14.8 Å². The third kappa shape index (κ3) is 6.36. The number of carbonyl (C=O) groups is 1. The van der Waals surface area contributed by atoms with Crippen LogP contribution in [0.3, 0.4) is 0 Å². The Hall–Kier alpha value is -1.39. The number of rotatable bonds is 8. The maximum atomic E-state index is 11.3. The summed E-state index contributed by atoms with van der Waals surface area (Å²) in [5.74, 6) is -0.313. The van der Waals surface area contributed by atoms with Crippen LogP contribution < -0.4 is 5.32 Å². The Balaban J connectivity index is 2.21. The van der Waals surface area contributed by atoms with Gasteiger partial charge in [0.05, 0.1) is 19.3 Å². The smallest absolute Gasteiger partial charge is 0.337 e. The lowest BCUT2D eigenvalue weighted by molar-refractivity contribution is 0.0600. The molecule has 4 heteroatoms. The van der Waals surface area contributed by atoms with Gasteiger partial charge in [0, 0.05) is 12.6 Å². The van der Waals surface area contributed by atoms with E-state index in [4.69, 9.17) is 4.74 Å². The zero-order valence-electron chi connectivity index (χ0n) is 11.9. The van der Waals surface area contributed by atoms with Crippen LogP contribution in [0.15, 0.2) is 24.3 Å². The molecule has 0 atom stereocenters. The second kappa shape index (κ2) is 8.67. The van der Waals surface area contributed by atoms with Crippen LogP contribution in [0.1, 0.15) is 36.2 Å². The molecule has 0 fully saturated rings. The van der Waals surface area contributed by atoms with E-state index in [1.54, 1.807) is 12.1 Å². The number of hydrogen-bond donors (Lipinski definition) is 1. The van der Waals surface area contributed by atoms with Crippen LogP contribution in [0, 0.1) is 0 Å². The van der Waals surface area contributed by atoms with E-state index in [9.17, 15) is 4.79 Å². The summed E-state index contributed by atoms with van der Waals surface area (Å²) in [7, 11) is 1.38. The summed E-state index contributed by atoms with van der Waals surface area (Å²) < 4.78 is 10.2. The molecule has 0 radical (unpaired) electrons. The van der Waals surface area contributed by atoms with Crippen molar-refractivity contribution >= 4 is 5.97 Å². The molecular formula is C15H23NO3. The molecule has 0 bridgehead atoms. The fraction of sp³-hybridized carbons (Fsp3) is 0.533. The molecule has 0 aliphatic heterocycles. The number of nitrogens with one attached hydrogen (secondary N) is 1. The number of esters is 1. The molecular weight excluding hydrogens is 242 g/mol. The Labute approximate surface area is 115 Å². The van der Waals surface area contributed by atoms with Crippen LogP contribution in [-0.2, 0) is 16.1 Å². The van der Waals surface area contributed by atoms with Crippen molar-refractivity contribution in [2.45, 2.75) is 32.9 Å². The zero-order chi connectivity index (χ0) is 14.1. The van der Waals surface area contributed by atoms with Gasteiger partial charge in [-0.3, -0.25) is 0 Å². The van der Waals surface area contributed by atoms with E-state index < -0.39 is 0 Å². The Morgan fingerprint density at radius 1 is 1.26 bits per heavy atom. The molecule has 0 amide bonds. The standard InChI is InChI=1S/C15H23NO3/c1-12(2)16-9-4-10-19-11-13-5-7-14(8-6-13)15(17)18-3/h5-8,12,16H,4,9-11H2,1-3H3. The van der Waals surface area contributed by atoms with Crippen LogP contribution >= 0.6 is 0 Å². The summed E-state index contributed by atoms with van der Waals surface area (Å²) in [5, 5.41) is 3.34. The molecule has 4 nitrogen and oxygen atoms in total. The van der Waals surface area contributed by atoms with Gasteiger partial charge >= 0.3 is 5.97 Å². The van der Waals surface area contributed by atoms with Crippen molar-refractivity contribution < 1.29 is 14.3 Å². The summed E-state index contributed by atoms with van der Waals surface area (Å²) in [5.41, 5.74) is 1.62. The second-order valence-electron chi connectivity index (χ2n) is 4.70. The van der Waals surface area contributed by atoms with E-state index >= 15 is 0 Å². The fourth-order valence-electron chi connectivity index (χ4n) is 1.61. The van der Waals surface area contributed by atoms with E-state index in [-0.39, 0.29) is 5.97 Å². The summed E-state index contributed by atoms with van der Waals surface area (Å²) in [6.07, 6.45) is 0.998. The summed E-state index contributed by atoms with van der Waals surface area (Å²) in [6.45, 7) is 6.54. The van der Waals surface area contributed by atoms with Crippen molar-refractivity contribution in [1.29, 1.82) is 0 Å². The van der Waals surface area contributed by atoms with Crippen molar-refractivity contribution in [3.8, 4) is 0 Å². The largest absolute Gasteiger partial charge is 0.465 e. The van der Waals surface area contributed by atoms with Crippen molar-refractivity contribution in [1.82, 2.24) is 5.32 Å². The quantitative estimate of drug-likeness (QED) is 0.579. The summed E-state index contributed by atoms with van der Waals surface area (Å²) in [4.78, 5) is 11.3. The monoisotopic (exact) mass is 265 g/mol. The van der Waals surface area contributed by atoms with Crippen LogP contribution in [0.25, 0.3) is 0 Å². The highest BCUT2D eigenvalue weighted by molar-refractivity contribution is 5.89. The van der Waals surface area contributed by atoms with Gasteiger partial charge in [0.15, 0.2) is 0 Å². The number of hydrogen-bond acceptors (Lipinski definition) is 4. The highest BCUT2D eigenvalue weighted by atomic mass is 16.5. The van der Waals surface area contributed by atoms with Gasteiger partial charge in [0.2, 0.25) is 0 Å². The van der Waals surface area contributed by atoms with Crippen LogP contribution in [0.5, 0.6) is 0 Å². The molecule has 1 aromatic rings. The zero-order valence-corrected chi connectivity index (χ0v) is 11.9. The van der Waals surface area contributed by atoms with Crippen LogP contribution in [0.2, 0.25) is 0 Å². The number of methoxy groups -OCH3 is 1. The van der Waals surface area contributed by atoms with E-state index in [1.165, 1.54) is 7.11 Å².